The number of hydrogen-bond donors (Lipinski definition) is 1. The molecule has 1 aromatic carbocycles. The topological polar surface area (TPSA) is 143 Å². The summed E-state index contributed by atoms with van der Waals surface area (Å²) in [5.41, 5.74) is 7.23. The molecule has 2 atom stereocenters. The number of ether oxygens (including phenoxy) is 4. The Balaban J connectivity index is 1.37. The zero-order chi connectivity index (χ0) is 24.8. The average Bonchev–Trinajstić information content (AvgIpc) is 3.46. The van der Waals surface area contributed by atoms with Gasteiger partial charge in [-0.15, -0.1) is 0 Å². The molecule has 2 aliphatic rings. The molecule has 35 heavy (non-hydrogen) atoms. The van der Waals surface area contributed by atoms with Crippen LogP contribution in [-0.4, -0.2) is 53.9 Å². The molecule has 0 saturated carbocycles. The Kier molecular flexibility index (Phi) is 7.98. The first-order valence-corrected chi connectivity index (χ1v) is 11.6. The molecule has 0 aliphatic carbocycles. The lowest BCUT2D eigenvalue weighted by Gasteiger charge is -2.24. The summed E-state index contributed by atoms with van der Waals surface area (Å²) in [7, 11) is 1.26. The van der Waals surface area contributed by atoms with Gasteiger partial charge in [-0.3, -0.25) is 14.4 Å². The zero-order valence-corrected chi connectivity index (χ0v) is 19.6. The standard InChI is InChI=1S/C24H29N3O8/c1-31-21(28)9-8-19(23(25)29)27-12-18-17(24(27)30)5-4-6-20(18)33-14-16-11-15(26-35-16)13-34-22-7-2-3-10-32-22/h4-6,11,19,22H,2-3,7-10,12-14H2,1H3,(H2,25,29)/t19-,22?/m0/s1. The Bertz CT molecular complexity index is 1060. The lowest BCUT2D eigenvalue weighted by atomic mass is 10.1. The van der Waals surface area contributed by atoms with E-state index < -0.39 is 17.9 Å². The van der Waals surface area contributed by atoms with Gasteiger partial charge in [0.15, 0.2) is 12.1 Å². The second-order valence-corrected chi connectivity index (χ2v) is 8.43. The van der Waals surface area contributed by atoms with Gasteiger partial charge in [0.25, 0.3) is 5.91 Å². The third-order valence-corrected chi connectivity index (χ3v) is 6.04. The molecule has 1 saturated heterocycles. The Labute approximate surface area is 202 Å². The monoisotopic (exact) mass is 487 g/mol. The van der Waals surface area contributed by atoms with Gasteiger partial charge in [-0.05, 0) is 37.8 Å². The van der Waals surface area contributed by atoms with Crippen molar-refractivity contribution in [3.8, 4) is 5.75 Å². The number of fused-ring (bicyclic) bond motifs is 1. The molecule has 4 rings (SSSR count). The molecule has 11 heteroatoms. The maximum absolute atomic E-state index is 13.0. The highest BCUT2D eigenvalue weighted by Gasteiger charge is 2.37. The van der Waals surface area contributed by atoms with E-state index in [9.17, 15) is 14.4 Å². The lowest BCUT2D eigenvalue weighted by Crippen LogP contribution is -2.45. The van der Waals surface area contributed by atoms with E-state index in [4.69, 9.17) is 24.5 Å². The number of carbonyl (C=O) groups excluding carboxylic acids is 3. The largest absolute Gasteiger partial charge is 0.485 e. The molecule has 188 valence electrons. The lowest BCUT2D eigenvalue weighted by molar-refractivity contribution is -0.169. The number of carbonyl (C=O) groups is 3. The molecule has 3 heterocycles. The highest BCUT2D eigenvalue weighted by Crippen LogP contribution is 2.33. The molecule has 0 radical (unpaired) electrons. The molecule has 2 aliphatic heterocycles. The van der Waals surface area contributed by atoms with Crippen LogP contribution in [0.5, 0.6) is 5.75 Å². The predicted octanol–water partition coefficient (Wildman–Crippen LogP) is 2.06. The first-order chi connectivity index (χ1) is 17.0. The highest BCUT2D eigenvalue weighted by molar-refractivity contribution is 6.01. The molecule has 1 aromatic heterocycles. The number of benzene rings is 1. The molecule has 0 spiro atoms. The average molecular weight is 488 g/mol. The minimum Gasteiger partial charge on any atom is -0.485 e. The fourth-order valence-corrected chi connectivity index (χ4v) is 4.18. The molecule has 2 amide bonds. The van der Waals surface area contributed by atoms with Crippen LogP contribution in [0.25, 0.3) is 0 Å². The molecule has 1 fully saturated rings. The molecule has 11 nitrogen and oxygen atoms in total. The van der Waals surface area contributed by atoms with Gasteiger partial charge in [0.2, 0.25) is 5.91 Å². The van der Waals surface area contributed by atoms with Crippen LogP contribution in [0, 0.1) is 0 Å². The van der Waals surface area contributed by atoms with Gasteiger partial charge in [-0.25, -0.2) is 0 Å². The Morgan fingerprint density at radius 1 is 1.29 bits per heavy atom. The van der Waals surface area contributed by atoms with Gasteiger partial charge in [0, 0.05) is 30.2 Å². The van der Waals surface area contributed by atoms with Crippen LogP contribution in [0.3, 0.4) is 0 Å². The van der Waals surface area contributed by atoms with Gasteiger partial charge in [0.05, 0.1) is 20.3 Å². The minimum atomic E-state index is -0.938. The van der Waals surface area contributed by atoms with Gasteiger partial charge in [-0.2, -0.15) is 0 Å². The van der Waals surface area contributed by atoms with E-state index >= 15 is 0 Å². The summed E-state index contributed by atoms with van der Waals surface area (Å²) in [4.78, 5) is 37.9. The van der Waals surface area contributed by atoms with Crippen molar-refractivity contribution in [1.82, 2.24) is 10.1 Å². The summed E-state index contributed by atoms with van der Waals surface area (Å²) >= 11 is 0. The van der Waals surface area contributed by atoms with Crippen molar-refractivity contribution in [2.75, 3.05) is 13.7 Å². The summed E-state index contributed by atoms with van der Waals surface area (Å²) in [5.74, 6) is -0.525. The van der Waals surface area contributed by atoms with Crippen molar-refractivity contribution in [3.05, 3.63) is 46.8 Å². The predicted molar refractivity (Wildman–Crippen MR) is 120 cm³/mol. The van der Waals surface area contributed by atoms with Gasteiger partial charge in [-0.1, -0.05) is 11.2 Å². The zero-order valence-electron chi connectivity index (χ0n) is 19.6. The Hall–Kier alpha value is -3.44. The number of aromatic nitrogens is 1. The number of esters is 1. The van der Waals surface area contributed by atoms with Crippen LogP contribution in [0.4, 0.5) is 0 Å². The number of rotatable bonds is 11. The van der Waals surface area contributed by atoms with Crippen molar-refractivity contribution < 1.29 is 37.9 Å². The van der Waals surface area contributed by atoms with Gasteiger partial charge >= 0.3 is 5.97 Å². The van der Waals surface area contributed by atoms with Crippen LogP contribution in [0.2, 0.25) is 0 Å². The Morgan fingerprint density at radius 3 is 2.89 bits per heavy atom. The summed E-state index contributed by atoms with van der Waals surface area (Å²) in [6.07, 6.45) is 2.82. The second-order valence-electron chi connectivity index (χ2n) is 8.43. The normalized spacial score (nSPS) is 18.3. The smallest absolute Gasteiger partial charge is 0.305 e. The number of hydrogen-bond acceptors (Lipinski definition) is 9. The number of nitrogens with two attached hydrogens (primary N) is 1. The quantitative estimate of drug-likeness (QED) is 0.471. The second kappa shape index (κ2) is 11.3. The molecule has 0 bridgehead atoms. The van der Waals surface area contributed by atoms with Crippen molar-refractivity contribution in [1.29, 1.82) is 0 Å². The third-order valence-electron chi connectivity index (χ3n) is 6.04. The van der Waals surface area contributed by atoms with E-state index in [1.165, 1.54) is 12.0 Å². The number of primary amides is 1. The molecule has 1 unspecified atom stereocenters. The molecular formula is C24H29N3O8. The fraction of sp³-hybridized carbons (Fsp3) is 0.500. The highest BCUT2D eigenvalue weighted by atomic mass is 16.7. The summed E-state index contributed by atoms with van der Waals surface area (Å²) in [6, 6.07) is 5.92. The van der Waals surface area contributed by atoms with Crippen LogP contribution < -0.4 is 10.5 Å². The van der Waals surface area contributed by atoms with Crippen molar-refractivity contribution in [2.45, 2.75) is 64.2 Å². The number of nitrogens with zero attached hydrogens (tertiary/aromatic N) is 2. The van der Waals surface area contributed by atoms with Crippen LogP contribution in [0.15, 0.2) is 28.8 Å². The molecule has 2 N–H and O–H groups in total. The first-order valence-electron chi connectivity index (χ1n) is 11.6. The van der Waals surface area contributed by atoms with Crippen LogP contribution >= 0.6 is 0 Å². The van der Waals surface area contributed by atoms with E-state index in [2.05, 4.69) is 9.89 Å². The van der Waals surface area contributed by atoms with Gasteiger partial charge < -0.3 is 34.1 Å². The maximum Gasteiger partial charge on any atom is 0.305 e. The Morgan fingerprint density at radius 2 is 2.14 bits per heavy atom. The van der Waals surface area contributed by atoms with E-state index in [0.29, 0.717) is 34.9 Å². The molecule has 2 aromatic rings. The minimum absolute atomic E-state index is 0.0298. The van der Waals surface area contributed by atoms with E-state index in [1.54, 1.807) is 24.3 Å². The van der Waals surface area contributed by atoms with E-state index in [1.807, 2.05) is 0 Å². The summed E-state index contributed by atoms with van der Waals surface area (Å²) < 4.78 is 27.2. The van der Waals surface area contributed by atoms with Gasteiger partial charge in [0.1, 0.15) is 24.1 Å². The van der Waals surface area contributed by atoms with Crippen LogP contribution in [-0.2, 0) is 43.6 Å². The number of methoxy groups -OCH3 is 1. The summed E-state index contributed by atoms with van der Waals surface area (Å²) in [6.45, 7) is 1.21. The van der Waals surface area contributed by atoms with Crippen molar-refractivity contribution in [2.24, 2.45) is 5.73 Å². The SMILES string of the molecule is COC(=O)CC[C@@H](C(N)=O)N1Cc2c(OCc3cc(COC4CCCCO4)no3)cccc2C1=O. The van der Waals surface area contributed by atoms with Crippen molar-refractivity contribution in [3.63, 3.8) is 0 Å². The van der Waals surface area contributed by atoms with E-state index in [-0.39, 0.29) is 44.8 Å². The van der Waals surface area contributed by atoms with Crippen LogP contribution in [0.1, 0.15) is 59.5 Å². The van der Waals surface area contributed by atoms with Crippen molar-refractivity contribution >= 4 is 17.8 Å². The maximum atomic E-state index is 13.0. The fourth-order valence-electron chi connectivity index (χ4n) is 4.18. The van der Waals surface area contributed by atoms with E-state index in [0.717, 1.165) is 19.3 Å². The third kappa shape index (κ3) is 5.98. The summed E-state index contributed by atoms with van der Waals surface area (Å²) in [5, 5.41) is 4.01. The number of amides is 2. The first kappa shape index (κ1) is 24.7. The molecular weight excluding hydrogens is 458 g/mol.